The summed E-state index contributed by atoms with van der Waals surface area (Å²) in [4.78, 5) is 27.8. The highest BCUT2D eigenvalue weighted by atomic mass is 16.2. The fourth-order valence-corrected chi connectivity index (χ4v) is 1.61. The number of rotatable bonds is 6. The summed E-state index contributed by atoms with van der Waals surface area (Å²) >= 11 is 0. The molecule has 0 unspecified atom stereocenters. The Hall–Kier alpha value is -1.91. The summed E-state index contributed by atoms with van der Waals surface area (Å²) in [6, 6.07) is 3.17. The number of amides is 2. The Morgan fingerprint density at radius 1 is 1.20 bits per heavy atom. The maximum absolute atomic E-state index is 11.9. The SMILES string of the molecule is CC(C)CCNC(=O)c1cc(C(=O)NC(C)C)ccn1. The van der Waals surface area contributed by atoms with E-state index in [0.717, 1.165) is 6.42 Å². The lowest BCUT2D eigenvalue weighted by molar-refractivity contribution is 0.0943. The second kappa shape index (κ2) is 7.62. The minimum absolute atomic E-state index is 0.0546. The van der Waals surface area contributed by atoms with Gasteiger partial charge in [0.25, 0.3) is 11.8 Å². The van der Waals surface area contributed by atoms with Crippen LogP contribution in [0.2, 0.25) is 0 Å². The van der Waals surface area contributed by atoms with E-state index in [2.05, 4.69) is 29.5 Å². The lowest BCUT2D eigenvalue weighted by Crippen LogP contribution is -2.31. The smallest absolute Gasteiger partial charge is 0.269 e. The highest BCUT2D eigenvalue weighted by Crippen LogP contribution is 2.03. The fraction of sp³-hybridized carbons (Fsp3) is 0.533. The Labute approximate surface area is 120 Å². The molecule has 0 bridgehead atoms. The lowest BCUT2D eigenvalue weighted by Gasteiger charge is -2.09. The number of carbonyl (C=O) groups is 2. The molecule has 0 aliphatic heterocycles. The van der Waals surface area contributed by atoms with E-state index in [1.165, 1.54) is 12.3 Å². The lowest BCUT2D eigenvalue weighted by atomic mass is 10.1. The van der Waals surface area contributed by atoms with Crippen molar-refractivity contribution in [1.82, 2.24) is 15.6 Å². The summed E-state index contributed by atoms with van der Waals surface area (Å²) in [5.41, 5.74) is 0.716. The summed E-state index contributed by atoms with van der Waals surface area (Å²) in [7, 11) is 0. The summed E-state index contributed by atoms with van der Waals surface area (Å²) < 4.78 is 0. The molecule has 1 aromatic rings. The summed E-state index contributed by atoms with van der Waals surface area (Å²) in [5.74, 6) is 0.0925. The molecule has 0 fully saturated rings. The molecule has 1 heterocycles. The van der Waals surface area contributed by atoms with Gasteiger partial charge in [0.15, 0.2) is 0 Å². The molecular formula is C15H23N3O2. The minimum atomic E-state index is -0.246. The molecule has 0 spiro atoms. The van der Waals surface area contributed by atoms with Gasteiger partial charge in [-0.1, -0.05) is 13.8 Å². The van der Waals surface area contributed by atoms with Crippen molar-refractivity contribution in [3.8, 4) is 0 Å². The Bertz CT molecular complexity index is 470. The molecule has 1 rings (SSSR count). The van der Waals surface area contributed by atoms with Gasteiger partial charge in [-0.3, -0.25) is 14.6 Å². The highest BCUT2D eigenvalue weighted by Gasteiger charge is 2.12. The molecule has 5 heteroatoms. The molecule has 0 aromatic carbocycles. The normalized spacial score (nSPS) is 10.7. The zero-order valence-electron chi connectivity index (χ0n) is 12.6. The van der Waals surface area contributed by atoms with Crippen molar-refractivity contribution in [2.75, 3.05) is 6.54 Å². The molecule has 2 N–H and O–H groups in total. The van der Waals surface area contributed by atoms with Crippen molar-refractivity contribution < 1.29 is 9.59 Å². The van der Waals surface area contributed by atoms with E-state index in [1.807, 2.05) is 13.8 Å². The molecule has 5 nitrogen and oxygen atoms in total. The molecule has 0 aliphatic carbocycles. The van der Waals surface area contributed by atoms with Crippen LogP contribution in [0.3, 0.4) is 0 Å². The van der Waals surface area contributed by atoms with Gasteiger partial charge in [0.1, 0.15) is 5.69 Å². The van der Waals surface area contributed by atoms with Gasteiger partial charge in [0, 0.05) is 24.3 Å². The van der Waals surface area contributed by atoms with E-state index >= 15 is 0 Å². The third kappa shape index (κ3) is 5.38. The number of nitrogens with zero attached hydrogens (tertiary/aromatic N) is 1. The zero-order valence-corrected chi connectivity index (χ0v) is 12.6. The minimum Gasteiger partial charge on any atom is -0.351 e. The van der Waals surface area contributed by atoms with E-state index in [-0.39, 0.29) is 23.6 Å². The molecule has 0 radical (unpaired) electrons. The van der Waals surface area contributed by atoms with Crippen LogP contribution >= 0.6 is 0 Å². The van der Waals surface area contributed by atoms with Crippen molar-refractivity contribution >= 4 is 11.8 Å². The maximum atomic E-state index is 11.9. The van der Waals surface area contributed by atoms with Gasteiger partial charge in [0.2, 0.25) is 0 Å². The van der Waals surface area contributed by atoms with Gasteiger partial charge in [-0.05, 0) is 38.3 Å². The predicted molar refractivity (Wildman–Crippen MR) is 78.6 cm³/mol. The topological polar surface area (TPSA) is 71.1 Å². The van der Waals surface area contributed by atoms with Crippen LogP contribution < -0.4 is 10.6 Å². The van der Waals surface area contributed by atoms with Crippen molar-refractivity contribution in [1.29, 1.82) is 0 Å². The van der Waals surface area contributed by atoms with Crippen LogP contribution in [0.5, 0.6) is 0 Å². The predicted octanol–water partition coefficient (Wildman–Crippen LogP) is 2.00. The largest absolute Gasteiger partial charge is 0.351 e. The summed E-state index contributed by atoms with van der Waals surface area (Å²) in [5, 5.41) is 5.59. The Morgan fingerprint density at radius 3 is 2.50 bits per heavy atom. The first kappa shape index (κ1) is 16.1. The molecule has 0 aliphatic rings. The molecule has 0 saturated heterocycles. The molecule has 1 aromatic heterocycles. The van der Waals surface area contributed by atoms with Crippen molar-refractivity contribution in [3.05, 3.63) is 29.6 Å². The van der Waals surface area contributed by atoms with Crippen LogP contribution in [0, 0.1) is 5.92 Å². The van der Waals surface area contributed by atoms with Crippen LogP contribution in [0.25, 0.3) is 0 Å². The third-order valence-corrected chi connectivity index (χ3v) is 2.68. The van der Waals surface area contributed by atoms with E-state index < -0.39 is 0 Å². The van der Waals surface area contributed by atoms with Crippen LogP contribution in [-0.4, -0.2) is 29.4 Å². The number of hydrogen-bond donors (Lipinski definition) is 2. The molecule has 2 amide bonds. The van der Waals surface area contributed by atoms with E-state index in [0.29, 0.717) is 18.0 Å². The number of aromatic nitrogens is 1. The van der Waals surface area contributed by atoms with Gasteiger partial charge in [-0.25, -0.2) is 0 Å². The van der Waals surface area contributed by atoms with Crippen molar-refractivity contribution in [2.24, 2.45) is 5.92 Å². The maximum Gasteiger partial charge on any atom is 0.269 e. The van der Waals surface area contributed by atoms with E-state index in [1.54, 1.807) is 6.07 Å². The van der Waals surface area contributed by atoms with E-state index in [9.17, 15) is 9.59 Å². The van der Waals surface area contributed by atoms with Crippen molar-refractivity contribution in [2.45, 2.75) is 40.2 Å². The molecule has 20 heavy (non-hydrogen) atoms. The number of carbonyl (C=O) groups excluding carboxylic acids is 2. The van der Waals surface area contributed by atoms with Crippen LogP contribution in [0.4, 0.5) is 0 Å². The van der Waals surface area contributed by atoms with Gasteiger partial charge >= 0.3 is 0 Å². The molecule has 110 valence electrons. The van der Waals surface area contributed by atoms with Crippen molar-refractivity contribution in [3.63, 3.8) is 0 Å². The third-order valence-electron chi connectivity index (χ3n) is 2.68. The average molecular weight is 277 g/mol. The Kier molecular flexibility index (Phi) is 6.15. The summed E-state index contributed by atoms with van der Waals surface area (Å²) in [6.07, 6.45) is 2.39. The van der Waals surface area contributed by atoms with Crippen LogP contribution in [0.1, 0.15) is 55.0 Å². The van der Waals surface area contributed by atoms with Crippen LogP contribution in [0.15, 0.2) is 18.3 Å². The summed E-state index contributed by atoms with van der Waals surface area (Å²) in [6.45, 7) is 8.58. The van der Waals surface area contributed by atoms with Gasteiger partial charge in [-0.15, -0.1) is 0 Å². The monoisotopic (exact) mass is 277 g/mol. The van der Waals surface area contributed by atoms with Crippen LogP contribution in [-0.2, 0) is 0 Å². The first-order valence-electron chi connectivity index (χ1n) is 6.95. The molecule has 0 atom stereocenters. The van der Waals surface area contributed by atoms with Gasteiger partial charge in [-0.2, -0.15) is 0 Å². The quantitative estimate of drug-likeness (QED) is 0.835. The highest BCUT2D eigenvalue weighted by molar-refractivity contribution is 5.98. The molecular weight excluding hydrogens is 254 g/mol. The standard InChI is InChI=1S/C15H23N3O2/c1-10(2)5-7-17-15(20)13-9-12(6-8-16-13)14(19)18-11(3)4/h6,8-11H,5,7H2,1-4H3,(H,17,20)(H,18,19). The molecule has 0 saturated carbocycles. The number of nitrogens with one attached hydrogen (secondary N) is 2. The zero-order chi connectivity index (χ0) is 15.1. The Morgan fingerprint density at radius 2 is 1.90 bits per heavy atom. The fourth-order valence-electron chi connectivity index (χ4n) is 1.61. The Balaban J connectivity index is 2.67. The second-order valence-electron chi connectivity index (χ2n) is 5.50. The van der Waals surface area contributed by atoms with Gasteiger partial charge in [0.05, 0.1) is 0 Å². The first-order chi connectivity index (χ1) is 9.40. The first-order valence-corrected chi connectivity index (χ1v) is 6.95. The second-order valence-corrected chi connectivity index (χ2v) is 5.50. The average Bonchev–Trinajstić information content (AvgIpc) is 2.37. The number of hydrogen-bond acceptors (Lipinski definition) is 3. The number of pyridine rings is 1. The van der Waals surface area contributed by atoms with Gasteiger partial charge < -0.3 is 10.6 Å². The van der Waals surface area contributed by atoms with E-state index in [4.69, 9.17) is 0 Å².